The van der Waals surface area contributed by atoms with Crippen molar-refractivity contribution in [1.82, 2.24) is 14.7 Å². The zero-order valence-corrected chi connectivity index (χ0v) is 22.5. The Kier molecular flexibility index (Phi) is 8.00. The molecule has 0 aliphatic carbocycles. The number of amides is 1. The van der Waals surface area contributed by atoms with E-state index in [-0.39, 0.29) is 18.3 Å². The lowest BCUT2D eigenvalue weighted by Crippen LogP contribution is -2.28. The Morgan fingerprint density at radius 1 is 1.03 bits per heavy atom. The minimum Gasteiger partial charge on any atom is -0.489 e. The Balaban J connectivity index is 1.44. The molecule has 192 valence electrons. The molecule has 0 saturated carbocycles. The van der Waals surface area contributed by atoms with Crippen LogP contribution in [-0.2, 0) is 11.4 Å². The van der Waals surface area contributed by atoms with Gasteiger partial charge in [0.05, 0.1) is 16.3 Å². The normalized spacial score (nSPS) is 14.5. The standard InChI is InChI=1S/C30H26FN3O2S2/c1-2-3-17-33-29(35)27(38-30(33)37)18-23-19-34(24-10-5-4-6-11-24)32-28(23)21-13-15-25(16-14-21)36-20-22-9-7-8-12-26(22)31/h4-16,18-19H,2-3,17,20H2,1H3/b27-18-. The molecule has 2 heterocycles. The van der Waals surface area contributed by atoms with Crippen molar-refractivity contribution in [3.05, 3.63) is 107 Å². The molecule has 5 nitrogen and oxygen atoms in total. The molecular formula is C30H26FN3O2S2. The van der Waals surface area contributed by atoms with E-state index in [1.54, 1.807) is 23.1 Å². The first-order valence-electron chi connectivity index (χ1n) is 12.4. The molecule has 3 aromatic carbocycles. The van der Waals surface area contributed by atoms with Crippen LogP contribution in [0, 0.1) is 5.82 Å². The summed E-state index contributed by atoms with van der Waals surface area (Å²) in [6.45, 7) is 2.86. The summed E-state index contributed by atoms with van der Waals surface area (Å²) < 4.78 is 22.1. The molecule has 1 aliphatic heterocycles. The van der Waals surface area contributed by atoms with Gasteiger partial charge in [0.2, 0.25) is 0 Å². The zero-order valence-electron chi connectivity index (χ0n) is 20.8. The molecule has 38 heavy (non-hydrogen) atoms. The molecule has 0 spiro atoms. The van der Waals surface area contributed by atoms with Crippen molar-refractivity contribution in [2.45, 2.75) is 26.4 Å². The molecule has 0 N–H and O–H groups in total. The van der Waals surface area contributed by atoms with Crippen LogP contribution in [0.1, 0.15) is 30.9 Å². The lowest BCUT2D eigenvalue weighted by atomic mass is 10.1. The van der Waals surface area contributed by atoms with Gasteiger partial charge in [0.1, 0.15) is 22.5 Å². The summed E-state index contributed by atoms with van der Waals surface area (Å²) in [4.78, 5) is 15.4. The smallest absolute Gasteiger partial charge is 0.266 e. The number of aromatic nitrogens is 2. The molecule has 1 saturated heterocycles. The summed E-state index contributed by atoms with van der Waals surface area (Å²) in [5.41, 5.74) is 3.81. The summed E-state index contributed by atoms with van der Waals surface area (Å²) in [6, 6.07) is 23.9. The van der Waals surface area contributed by atoms with Crippen molar-refractivity contribution in [3.63, 3.8) is 0 Å². The number of thiocarbonyl (C=S) groups is 1. The van der Waals surface area contributed by atoms with Gasteiger partial charge in [-0.15, -0.1) is 0 Å². The van der Waals surface area contributed by atoms with Crippen LogP contribution in [0.15, 0.2) is 90.0 Å². The number of para-hydroxylation sites is 1. The van der Waals surface area contributed by atoms with Crippen molar-refractivity contribution in [2.75, 3.05) is 6.54 Å². The largest absolute Gasteiger partial charge is 0.489 e. The maximum Gasteiger partial charge on any atom is 0.266 e. The molecule has 1 aromatic heterocycles. The predicted octanol–water partition coefficient (Wildman–Crippen LogP) is 7.26. The Bertz CT molecular complexity index is 1480. The minimum absolute atomic E-state index is 0.0660. The quantitative estimate of drug-likeness (QED) is 0.164. The first-order chi connectivity index (χ1) is 18.5. The zero-order chi connectivity index (χ0) is 26.5. The fourth-order valence-corrected chi connectivity index (χ4v) is 5.37. The fraction of sp³-hybridized carbons (Fsp3) is 0.167. The highest BCUT2D eigenvalue weighted by Crippen LogP contribution is 2.35. The summed E-state index contributed by atoms with van der Waals surface area (Å²) in [5, 5.41) is 4.85. The monoisotopic (exact) mass is 543 g/mol. The van der Waals surface area contributed by atoms with E-state index >= 15 is 0 Å². The van der Waals surface area contributed by atoms with Crippen molar-refractivity contribution in [3.8, 4) is 22.7 Å². The van der Waals surface area contributed by atoms with Crippen molar-refractivity contribution in [2.24, 2.45) is 0 Å². The Hall–Kier alpha value is -3.75. The molecule has 1 aliphatic rings. The van der Waals surface area contributed by atoms with Gasteiger partial charge in [0.25, 0.3) is 5.91 Å². The molecule has 0 bridgehead atoms. The number of rotatable bonds is 9. The third-order valence-corrected chi connectivity index (χ3v) is 7.52. The van der Waals surface area contributed by atoms with E-state index in [1.807, 2.05) is 71.6 Å². The number of carbonyl (C=O) groups is 1. The average Bonchev–Trinajstić information content (AvgIpc) is 3.48. The fourth-order valence-electron chi connectivity index (χ4n) is 4.07. The van der Waals surface area contributed by atoms with E-state index in [9.17, 15) is 9.18 Å². The van der Waals surface area contributed by atoms with Crippen LogP contribution in [0.2, 0.25) is 0 Å². The Labute approximate surface area is 230 Å². The van der Waals surface area contributed by atoms with Crippen molar-refractivity contribution >= 4 is 40.3 Å². The molecule has 0 atom stereocenters. The lowest BCUT2D eigenvalue weighted by Gasteiger charge is -2.12. The second-order valence-electron chi connectivity index (χ2n) is 8.80. The first kappa shape index (κ1) is 25.9. The number of benzene rings is 3. The van der Waals surface area contributed by atoms with Gasteiger partial charge in [0, 0.05) is 29.4 Å². The van der Waals surface area contributed by atoms with Gasteiger partial charge in [-0.25, -0.2) is 9.07 Å². The van der Waals surface area contributed by atoms with Gasteiger partial charge in [-0.05, 0) is 55.0 Å². The molecule has 1 amide bonds. The number of nitrogens with zero attached hydrogens (tertiary/aromatic N) is 3. The second-order valence-corrected chi connectivity index (χ2v) is 10.5. The van der Waals surface area contributed by atoms with Crippen LogP contribution in [0.3, 0.4) is 0 Å². The highest BCUT2D eigenvalue weighted by molar-refractivity contribution is 8.26. The Morgan fingerprint density at radius 3 is 2.50 bits per heavy atom. The van der Waals surface area contributed by atoms with Gasteiger partial charge >= 0.3 is 0 Å². The van der Waals surface area contributed by atoms with Gasteiger partial charge in [-0.2, -0.15) is 5.10 Å². The topological polar surface area (TPSA) is 47.4 Å². The number of thioether (sulfide) groups is 1. The van der Waals surface area contributed by atoms with Crippen LogP contribution >= 0.6 is 24.0 Å². The summed E-state index contributed by atoms with van der Waals surface area (Å²) in [7, 11) is 0. The molecule has 1 fully saturated rings. The lowest BCUT2D eigenvalue weighted by molar-refractivity contribution is -0.122. The van der Waals surface area contributed by atoms with Gasteiger partial charge < -0.3 is 4.74 Å². The summed E-state index contributed by atoms with van der Waals surface area (Å²) in [5.74, 6) is 0.266. The van der Waals surface area contributed by atoms with Crippen LogP contribution < -0.4 is 4.74 Å². The summed E-state index contributed by atoms with van der Waals surface area (Å²) in [6.07, 6.45) is 5.69. The van der Waals surface area contributed by atoms with Crippen molar-refractivity contribution < 1.29 is 13.9 Å². The maximum absolute atomic E-state index is 13.9. The molecule has 5 rings (SSSR count). The van der Waals surface area contributed by atoms with Crippen LogP contribution in [0.25, 0.3) is 23.0 Å². The van der Waals surface area contributed by atoms with Crippen LogP contribution in [0.4, 0.5) is 4.39 Å². The van der Waals surface area contributed by atoms with E-state index in [0.29, 0.717) is 27.1 Å². The second kappa shape index (κ2) is 11.8. The molecule has 0 unspecified atom stereocenters. The first-order valence-corrected chi connectivity index (χ1v) is 13.6. The van der Waals surface area contributed by atoms with Gasteiger partial charge in [-0.1, -0.05) is 73.7 Å². The highest BCUT2D eigenvalue weighted by atomic mass is 32.2. The number of hydrogen-bond donors (Lipinski definition) is 0. The maximum atomic E-state index is 13.9. The number of ether oxygens (including phenoxy) is 1. The Morgan fingerprint density at radius 2 is 1.76 bits per heavy atom. The average molecular weight is 544 g/mol. The third kappa shape index (κ3) is 5.71. The number of carbonyl (C=O) groups excluding carboxylic acids is 1. The molecular weight excluding hydrogens is 517 g/mol. The van der Waals surface area contributed by atoms with E-state index in [2.05, 4.69) is 6.92 Å². The van der Waals surface area contributed by atoms with Crippen molar-refractivity contribution in [1.29, 1.82) is 0 Å². The number of unbranched alkanes of at least 4 members (excludes halogenated alkanes) is 1. The predicted molar refractivity (Wildman–Crippen MR) is 155 cm³/mol. The highest BCUT2D eigenvalue weighted by Gasteiger charge is 2.31. The summed E-state index contributed by atoms with van der Waals surface area (Å²) >= 11 is 6.81. The third-order valence-electron chi connectivity index (χ3n) is 6.14. The van der Waals surface area contributed by atoms with Crippen LogP contribution in [-0.4, -0.2) is 31.5 Å². The molecule has 8 heteroatoms. The van der Waals surface area contributed by atoms with E-state index < -0.39 is 0 Å². The van der Waals surface area contributed by atoms with Crippen LogP contribution in [0.5, 0.6) is 5.75 Å². The minimum atomic E-state index is -0.291. The number of hydrogen-bond acceptors (Lipinski definition) is 5. The SMILES string of the molecule is CCCCN1C(=O)/C(=C/c2cn(-c3ccccc3)nc2-c2ccc(OCc3ccccc3F)cc2)SC1=S. The van der Waals surface area contributed by atoms with E-state index in [0.717, 1.165) is 35.3 Å². The molecule has 4 aromatic rings. The number of halogens is 1. The van der Waals surface area contributed by atoms with Gasteiger partial charge in [0.15, 0.2) is 0 Å². The van der Waals surface area contributed by atoms with Gasteiger partial charge in [-0.3, -0.25) is 9.69 Å². The van der Waals surface area contributed by atoms with E-state index in [4.69, 9.17) is 22.1 Å². The van der Waals surface area contributed by atoms with E-state index in [1.165, 1.54) is 17.8 Å². The molecule has 0 radical (unpaired) electrons.